The Bertz CT molecular complexity index is 392. The molecule has 1 rings (SSSR count). The third-order valence-corrected chi connectivity index (χ3v) is 4.08. The maximum atomic E-state index is 11.8. The first-order valence-electron chi connectivity index (χ1n) is 6.21. The lowest BCUT2D eigenvalue weighted by molar-refractivity contribution is 0.201. The summed E-state index contributed by atoms with van der Waals surface area (Å²) < 4.78 is 0. The van der Waals surface area contributed by atoms with E-state index in [1.807, 2.05) is 32.9 Å². The quantitative estimate of drug-likeness (QED) is 0.743. The minimum Gasteiger partial charge on any atom is -0.396 e. The van der Waals surface area contributed by atoms with Crippen molar-refractivity contribution in [3.8, 4) is 0 Å². The minimum atomic E-state index is -0.343. The zero-order chi connectivity index (χ0) is 13.6. The fourth-order valence-corrected chi connectivity index (χ4v) is 2.47. The number of aryl methyl sites for hydroxylation is 1. The highest BCUT2D eigenvalue weighted by Gasteiger charge is 2.23. The van der Waals surface area contributed by atoms with Crippen molar-refractivity contribution in [2.75, 3.05) is 6.61 Å². The van der Waals surface area contributed by atoms with Gasteiger partial charge in [0.15, 0.2) is 0 Å². The molecule has 4 nitrogen and oxygen atoms in total. The molecule has 18 heavy (non-hydrogen) atoms. The molecule has 102 valence electrons. The van der Waals surface area contributed by atoms with Crippen LogP contribution in [0.5, 0.6) is 0 Å². The molecule has 0 spiro atoms. The normalized spacial score (nSPS) is 14.0. The molecule has 1 atom stereocenters. The number of carbonyl (C=O) groups excluding carboxylic acids is 1. The van der Waals surface area contributed by atoms with Crippen molar-refractivity contribution in [3.05, 3.63) is 21.9 Å². The monoisotopic (exact) mass is 270 g/mol. The van der Waals surface area contributed by atoms with Gasteiger partial charge in [-0.1, -0.05) is 6.92 Å². The van der Waals surface area contributed by atoms with Crippen molar-refractivity contribution in [2.45, 2.75) is 45.7 Å². The van der Waals surface area contributed by atoms with Crippen LogP contribution in [-0.2, 0) is 6.54 Å². The van der Waals surface area contributed by atoms with Crippen LogP contribution in [0.2, 0.25) is 0 Å². The van der Waals surface area contributed by atoms with E-state index in [0.29, 0.717) is 13.0 Å². The number of rotatable bonds is 6. The van der Waals surface area contributed by atoms with Crippen molar-refractivity contribution in [2.24, 2.45) is 0 Å². The SMILES string of the molecule is CCC(C)(CCO)NC(=O)NCc1ccc(C)s1. The first kappa shape index (κ1) is 15.0. The molecule has 0 radical (unpaired) electrons. The Morgan fingerprint density at radius 1 is 1.50 bits per heavy atom. The molecule has 0 fully saturated rings. The second kappa shape index (κ2) is 6.75. The number of aliphatic hydroxyl groups is 1. The molecule has 1 unspecified atom stereocenters. The van der Waals surface area contributed by atoms with Crippen LogP contribution in [0.4, 0.5) is 4.79 Å². The Balaban J connectivity index is 2.41. The fourth-order valence-electron chi connectivity index (χ4n) is 1.64. The van der Waals surface area contributed by atoms with E-state index in [9.17, 15) is 4.79 Å². The average molecular weight is 270 g/mol. The summed E-state index contributed by atoms with van der Waals surface area (Å²) in [7, 11) is 0. The van der Waals surface area contributed by atoms with E-state index in [2.05, 4.69) is 10.6 Å². The third-order valence-electron chi connectivity index (χ3n) is 3.08. The fraction of sp³-hybridized carbons (Fsp3) is 0.615. The van der Waals surface area contributed by atoms with Crippen molar-refractivity contribution in [1.29, 1.82) is 0 Å². The summed E-state index contributed by atoms with van der Waals surface area (Å²) >= 11 is 1.68. The molecule has 0 aromatic carbocycles. The van der Waals surface area contributed by atoms with Crippen LogP contribution in [0.1, 0.15) is 36.4 Å². The second-order valence-corrected chi connectivity index (χ2v) is 6.08. The molecular formula is C13H22N2O2S. The standard InChI is InChI=1S/C13H22N2O2S/c1-4-13(3,7-8-16)15-12(17)14-9-11-6-5-10(2)18-11/h5-6,16H,4,7-9H2,1-3H3,(H2,14,15,17). The average Bonchev–Trinajstić information content (AvgIpc) is 2.73. The molecule has 5 heteroatoms. The highest BCUT2D eigenvalue weighted by Crippen LogP contribution is 2.15. The zero-order valence-electron chi connectivity index (χ0n) is 11.2. The van der Waals surface area contributed by atoms with E-state index in [-0.39, 0.29) is 18.2 Å². The van der Waals surface area contributed by atoms with E-state index in [1.165, 1.54) is 4.88 Å². The van der Waals surface area contributed by atoms with Gasteiger partial charge in [-0.3, -0.25) is 0 Å². The molecule has 1 aromatic heterocycles. The summed E-state index contributed by atoms with van der Waals surface area (Å²) in [6.45, 7) is 6.61. The molecule has 0 aliphatic carbocycles. The van der Waals surface area contributed by atoms with Crippen LogP contribution in [0, 0.1) is 6.92 Å². The van der Waals surface area contributed by atoms with Gasteiger partial charge in [-0.25, -0.2) is 4.79 Å². The van der Waals surface area contributed by atoms with Crippen LogP contribution in [0.25, 0.3) is 0 Å². The van der Waals surface area contributed by atoms with Gasteiger partial charge in [0.25, 0.3) is 0 Å². The lowest BCUT2D eigenvalue weighted by Gasteiger charge is -2.28. The molecular weight excluding hydrogens is 248 g/mol. The van der Waals surface area contributed by atoms with Crippen LogP contribution in [0.3, 0.4) is 0 Å². The van der Waals surface area contributed by atoms with Gasteiger partial charge in [-0.2, -0.15) is 0 Å². The van der Waals surface area contributed by atoms with Crippen molar-refractivity contribution >= 4 is 17.4 Å². The molecule has 0 aliphatic heterocycles. The van der Waals surface area contributed by atoms with Crippen LogP contribution < -0.4 is 10.6 Å². The molecule has 0 bridgehead atoms. The lowest BCUT2D eigenvalue weighted by Crippen LogP contribution is -2.50. The van der Waals surface area contributed by atoms with Crippen LogP contribution in [0.15, 0.2) is 12.1 Å². The Labute approximate surface area is 112 Å². The van der Waals surface area contributed by atoms with Gasteiger partial charge in [0, 0.05) is 21.9 Å². The van der Waals surface area contributed by atoms with Crippen molar-refractivity contribution < 1.29 is 9.90 Å². The Morgan fingerprint density at radius 2 is 2.22 bits per heavy atom. The summed E-state index contributed by atoms with van der Waals surface area (Å²) in [6.07, 6.45) is 1.36. The maximum Gasteiger partial charge on any atom is 0.315 e. The predicted octanol–water partition coefficient (Wildman–Crippen LogP) is 2.41. The Kier molecular flexibility index (Phi) is 5.62. The highest BCUT2D eigenvalue weighted by atomic mass is 32.1. The summed E-state index contributed by atoms with van der Waals surface area (Å²) in [5.74, 6) is 0. The predicted molar refractivity (Wildman–Crippen MR) is 74.8 cm³/mol. The molecule has 0 saturated heterocycles. The Hall–Kier alpha value is -1.07. The number of hydrogen-bond donors (Lipinski definition) is 3. The third kappa shape index (κ3) is 4.66. The van der Waals surface area contributed by atoms with Gasteiger partial charge in [0.2, 0.25) is 0 Å². The van der Waals surface area contributed by atoms with E-state index >= 15 is 0 Å². The van der Waals surface area contributed by atoms with Gasteiger partial charge >= 0.3 is 6.03 Å². The number of urea groups is 1. The van der Waals surface area contributed by atoms with Gasteiger partial charge < -0.3 is 15.7 Å². The summed E-state index contributed by atoms with van der Waals surface area (Å²) in [5, 5.41) is 14.7. The number of hydrogen-bond acceptors (Lipinski definition) is 3. The molecule has 2 amide bonds. The zero-order valence-corrected chi connectivity index (χ0v) is 12.1. The van der Waals surface area contributed by atoms with Gasteiger partial charge in [-0.15, -0.1) is 11.3 Å². The molecule has 0 saturated carbocycles. The van der Waals surface area contributed by atoms with E-state index in [1.54, 1.807) is 11.3 Å². The molecule has 0 aliphatic rings. The van der Waals surface area contributed by atoms with Gasteiger partial charge in [0.1, 0.15) is 0 Å². The minimum absolute atomic E-state index is 0.0781. The molecule has 3 N–H and O–H groups in total. The largest absolute Gasteiger partial charge is 0.396 e. The van der Waals surface area contributed by atoms with E-state index in [4.69, 9.17) is 5.11 Å². The molecule has 1 heterocycles. The number of carbonyl (C=O) groups is 1. The second-order valence-electron chi connectivity index (χ2n) is 4.71. The van der Waals surface area contributed by atoms with Crippen LogP contribution in [-0.4, -0.2) is 23.3 Å². The number of nitrogens with one attached hydrogen (secondary N) is 2. The van der Waals surface area contributed by atoms with Gasteiger partial charge in [0.05, 0.1) is 6.54 Å². The smallest absolute Gasteiger partial charge is 0.315 e. The number of amides is 2. The summed E-state index contributed by atoms with van der Waals surface area (Å²) in [4.78, 5) is 14.2. The van der Waals surface area contributed by atoms with Crippen molar-refractivity contribution in [1.82, 2.24) is 10.6 Å². The van der Waals surface area contributed by atoms with E-state index in [0.717, 1.165) is 11.3 Å². The lowest BCUT2D eigenvalue weighted by atomic mass is 9.95. The van der Waals surface area contributed by atoms with Crippen molar-refractivity contribution in [3.63, 3.8) is 0 Å². The summed E-state index contributed by atoms with van der Waals surface area (Å²) in [6, 6.07) is 3.88. The molecule has 1 aromatic rings. The number of thiophene rings is 1. The number of aliphatic hydroxyl groups excluding tert-OH is 1. The highest BCUT2D eigenvalue weighted by molar-refractivity contribution is 7.11. The topological polar surface area (TPSA) is 61.4 Å². The van der Waals surface area contributed by atoms with E-state index < -0.39 is 0 Å². The first-order chi connectivity index (χ1) is 8.49. The summed E-state index contributed by atoms with van der Waals surface area (Å²) in [5.41, 5.74) is -0.343. The van der Waals surface area contributed by atoms with Gasteiger partial charge in [-0.05, 0) is 38.8 Å². The van der Waals surface area contributed by atoms with Crippen LogP contribution >= 0.6 is 11.3 Å². The maximum absolute atomic E-state index is 11.8. The first-order valence-corrected chi connectivity index (χ1v) is 7.03. The Morgan fingerprint density at radius 3 is 2.72 bits per heavy atom.